The minimum Gasteiger partial charge on any atom is -0.280 e. The topological polar surface area (TPSA) is 59.1 Å². The monoisotopic (exact) mass is 366 g/mol. The molecule has 0 fully saturated rings. The van der Waals surface area contributed by atoms with E-state index in [-0.39, 0.29) is 9.92 Å². The molecule has 0 aliphatic rings. The fourth-order valence-electron chi connectivity index (χ4n) is 2.18. The average Bonchev–Trinajstić information content (AvgIpc) is 2.49. The zero-order valence-electron chi connectivity index (χ0n) is 12.0. The molecule has 3 aromatic rings. The van der Waals surface area contributed by atoms with E-state index in [0.29, 0.717) is 10.7 Å². The zero-order chi connectivity index (χ0) is 16.6. The van der Waals surface area contributed by atoms with Gasteiger partial charge in [0.1, 0.15) is 4.90 Å². The van der Waals surface area contributed by atoms with Gasteiger partial charge >= 0.3 is 0 Å². The summed E-state index contributed by atoms with van der Waals surface area (Å²) in [5.41, 5.74) is 2.13. The lowest BCUT2D eigenvalue weighted by Crippen LogP contribution is -2.13. The molecule has 7 heteroatoms. The van der Waals surface area contributed by atoms with Crippen LogP contribution >= 0.6 is 23.2 Å². The van der Waals surface area contributed by atoms with E-state index in [0.717, 1.165) is 16.6 Å². The van der Waals surface area contributed by atoms with Gasteiger partial charge < -0.3 is 0 Å². The van der Waals surface area contributed by atoms with Gasteiger partial charge in [0.05, 0.1) is 10.5 Å². The van der Waals surface area contributed by atoms with E-state index in [4.69, 9.17) is 23.2 Å². The predicted molar refractivity (Wildman–Crippen MR) is 93.8 cm³/mol. The van der Waals surface area contributed by atoms with Gasteiger partial charge in [-0.15, -0.1) is 0 Å². The number of nitrogens with zero attached hydrogens (tertiary/aromatic N) is 1. The van der Waals surface area contributed by atoms with Crippen LogP contribution in [0.4, 0.5) is 5.69 Å². The number of benzene rings is 2. The van der Waals surface area contributed by atoms with Crippen LogP contribution in [0.5, 0.6) is 0 Å². The Morgan fingerprint density at radius 2 is 1.78 bits per heavy atom. The fraction of sp³-hybridized carbons (Fsp3) is 0.0625. The van der Waals surface area contributed by atoms with E-state index in [1.807, 2.05) is 19.1 Å². The summed E-state index contributed by atoms with van der Waals surface area (Å²) < 4.78 is 27.5. The maximum Gasteiger partial charge on any atom is 0.263 e. The number of hydrogen-bond donors (Lipinski definition) is 1. The van der Waals surface area contributed by atoms with E-state index in [1.54, 1.807) is 18.2 Å². The first kappa shape index (κ1) is 16.1. The van der Waals surface area contributed by atoms with Crippen molar-refractivity contribution in [2.75, 3.05) is 4.72 Å². The van der Waals surface area contributed by atoms with Crippen molar-refractivity contribution in [3.8, 4) is 0 Å². The van der Waals surface area contributed by atoms with Gasteiger partial charge in [-0.05, 0) is 49.4 Å². The molecule has 2 aromatic carbocycles. The molecule has 0 saturated heterocycles. The fourth-order valence-corrected chi connectivity index (χ4v) is 4.00. The maximum absolute atomic E-state index is 12.5. The standard InChI is InChI=1S/C16H12Cl2N2O2S/c1-10-2-3-11-8-13(5-7-15(11)19-10)20-23(21,22)16-9-12(17)4-6-14(16)18/h2-9,20H,1H3. The van der Waals surface area contributed by atoms with Gasteiger partial charge in [-0.1, -0.05) is 29.3 Å². The molecule has 4 nitrogen and oxygen atoms in total. The van der Waals surface area contributed by atoms with Gasteiger partial charge in [0.15, 0.2) is 0 Å². The highest BCUT2D eigenvalue weighted by molar-refractivity contribution is 7.92. The molecule has 1 aromatic heterocycles. The molecule has 0 radical (unpaired) electrons. The highest BCUT2D eigenvalue weighted by atomic mass is 35.5. The van der Waals surface area contributed by atoms with Crippen LogP contribution in [0.15, 0.2) is 53.4 Å². The highest BCUT2D eigenvalue weighted by Gasteiger charge is 2.18. The van der Waals surface area contributed by atoms with E-state index < -0.39 is 10.0 Å². The Hall–Kier alpha value is -1.82. The number of nitrogens with one attached hydrogen (secondary N) is 1. The Morgan fingerprint density at radius 1 is 1.00 bits per heavy atom. The van der Waals surface area contributed by atoms with Crippen LogP contribution in [0.3, 0.4) is 0 Å². The second kappa shape index (κ2) is 6.00. The molecule has 0 atom stereocenters. The van der Waals surface area contributed by atoms with Gasteiger partial charge in [-0.25, -0.2) is 8.42 Å². The van der Waals surface area contributed by atoms with Gasteiger partial charge in [0, 0.05) is 21.8 Å². The summed E-state index contributed by atoms with van der Waals surface area (Å²) >= 11 is 11.8. The third-order valence-electron chi connectivity index (χ3n) is 3.26. The lowest BCUT2D eigenvalue weighted by atomic mass is 10.2. The molecule has 1 N–H and O–H groups in total. The van der Waals surface area contributed by atoms with Crippen molar-refractivity contribution in [2.24, 2.45) is 0 Å². The summed E-state index contributed by atoms with van der Waals surface area (Å²) in [6.45, 7) is 1.90. The summed E-state index contributed by atoms with van der Waals surface area (Å²) in [5.74, 6) is 0. The van der Waals surface area contributed by atoms with E-state index >= 15 is 0 Å². The smallest absolute Gasteiger partial charge is 0.263 e. The van der Waals surface area contributed by atoms with Crippen molar-refractivity contribution in [3.63, 3.8) is 0 Å². The third kappa shape index (κ3) is 3.42. The molecular formula is C16H12Cl2N2O2S. The van der Waals surface area contributed by atoms with Crippen LogP contribution in [-0.4, -0.2) is 13.4 Å². The van der Waals surface area contributed by atoms with Crippen molar-refractivity contribution < 1.29 is 8.42 Å². The lowest BCUT2D eigenvalue weighted by Gasteiger charge is -2.10. The SMILES string of the molecule is Cc1ccc2cc(NS(=O)(=O)c3cc(Cl)ccc3Cl)ccc2n1. The Kier molecular flexibility index (Phi) is 4.19. The van der Waals surface area contributed by atoms with Crippen molar-refractivity contribution in [1.29, 1.82) is 0 Å². The molecule has 0 aliphatic heterocycles. The summed E-state index contributed by atoms with van der Waals surface area (Å²) in [6, 6.07) is 13.2. The lowest BCUT2D eigenvalue weighted by molar-refractivity contribution is 0.601. The third-order valence-corrected chi connectivity index (χ3v) is 5.36. The van der Waals surface area contributed by atoms with Gasteiger partial charge in [0.25, 0.3) is 10.0 Å². The molecule has 0 spiro atoms. The number of pyridine rings is 1. The Balaban J connectivity index is 2.00. The molecule has 0 unspecified atom stereocenters. The van der Waals surface area contributed by atoms with Crippen molar-refractivity contribution >= 4 is 49.8 Å². The molecule has 3 rings (SSSR count). The van der Waals surface area contributed by atoms with E-state index in [1.165, 1.54) is 18.2 Å². The Labute approximate surface area is 144 Å². The quantitative estimate of drug-likeness (QED) is 0.733. The Morgan fingerprint density at radius 3 is 2.57 bits per heavy atom. The molecular weight excluding hydrogens is 355 g/mol. The first-order valence-corrected chi connectivity index (χ1v) is 8.94. The maximum atomic E-state index is 12.5. The highest BCUT2D eigenvalue weighted by Crippen LogP contribution is 2.27. The van der Waals surface area contributed by atoms with Crippen LogP contribution < -0.4 is 4.72 Å². The normalized spacial score (nSPS) is 11.6. The van der Waals surface area contributed by atoms with Crippen LogP contribution in [0.1, 0.15) is 5.69 Å². The van der Waals surface area contributed by atoms with Crippen molar-refractivity contribution in [2.45, 2.75) is 11.8 Å². The average molecular weight is 367 g/mol. The van der Waals surface area contributed by atoms with E-state index in [9.17, 15) is 8.42 Å². The number of aromatic nitrogens is 1. The first-order valence-electron chi connectivity index (χ1n) is 6.70. The largest absolute Gasteiger partial charge is 0.280 e. The van der Waals surface area contributed by atoms with Crippen LogP contribution in [-0.2, 0) is 10.0 Å². The summed E-state index contributed by atoms with van der Waals surface area (Å²) in [5, 5.41) is 1.25. The number of rotatable bonds is 3. The number of fused-ring (bicyclic) bond motifs is 1. The molecule has 0 aliphatic carbocycles. The van der Waals surface area contributed by atoms with Gasteiger partial charge in [-0.3, -0.25) is 9.71 Å². The van der Waals surface area contributed by atoms with Crippen molar-refractivity contribution in [1.82, 2.24) is 4.98 Å². The molecule has 0 amide bonds. The van der Waals surface area contributed by atoms with Gasteiger partial charge in [0.2, 0.25) is 0 Å². The number of halogens is 2. The van der Waals surface area contributed by atoms with Crippen molar-refractivity contribution in [3.05, 3.63) is 64.3 Å². The van der Waals surface area contributed by atoms with Gasteiger partial charge in [-0.2, -0.15) is 0 Å². The zero-order valence-corrected chi connectivity index (χ0v) is 14.4. The minimum atomic E-state index is -3.83. The molecule has 118 valence electrons. The van der Waals surface area contributed by atoms with Crippen LogP contribution in [0.25, 0.3) is 10.9 Å². The number of sulfonamides is 1. The second-order valence-corrected chi connectivity index (χ2v) is 7.53. The minimum absolute atomic E-state index is 0.0613. The van der Waals surface area contributed by atoms with Crippen LogP contribution in [0.2, 0.25) is 10.0 Å². The summed E-state index contributed by atoms with van der Waals surface area (Å²) in [4.78, 5) is 4.32. The molecule has 0 saturated carbocycles. The van der Waals surface area contributed by atoms with Crippen LogP contribution in [0, 0.1) is 6.92 Å². The molecule has 0 bridgehead atoms. The molecule has 23 heavy (non-hydrogen) atoms. The second-order valence-electron chi connectivity index (χ2n) is 5.04. The number of anilines is 1. The number of hydrogen-bond acceptors (Lipinski definition) is 3. The number of aryl methyl sites for hydroxylation is 1. The van der Waals surface area contributed by atoms with E-state index in [2.05, 4.69) is 9.71 Å². The predicted octanol–water partition coefficient (Wildman–Crippen LogP) is 4.65. The Bertz CT molecular complexity index is 1000. The summed E-state index contributed by atoms with van der Waals surface area (Å²) in [7, 11) is -3.83. The first-order chi connectivity index (χ1) is 10.8. The summed E-state index contributed by atoms with van der Waals surface area (Å²) in [6.07, 6.45) is 0. The molecule has 1 heterocycles.